The first-order chi connectivity index (χ1) is 11.5. The minimum absolute atomic E-state index is 0.0156. The summed E-state index contributed by atoms with van der Waals surface area (Å²) in [6, 6.07) is 1.85. The number of urea groups is 1. The number of amides is 3. The second kappa shape index (κ2) is 8.68. The number of anilines is 1. The van der Waals surface area contributed by atoms with E-state index in [0.29, 0.717) is 37.8 Å². The molecule has 0 spiro atoms. The first-order valence-corrected chi connectivity index (χ1v) is 8.49. The summed E-state index contributed by atoms with van der Waals surface area (Å²) in [7, 11) is 0. The zero-order chi connectivity index (χ0) is 17.5. The molecule has 0 radical (unpaired) electrons. The molecular weight excluding hydrogens is 310 g/mol. The van der Waals surface area contributed by atoms with Crippen molar-refractivity contribution >= 4 is 17.8 Å². The van der Waals surface area contributed by atoms with Crippen molar-refractivity contribution in [2.24, 2.45) is 0 Å². The molecule has 2 N–H and O–H groups in total. The summed E-state index contributed by atoms with van der Waals surface area (Å²) in [4.78, 5) is 28.0. The molecular formula is C16H27N5O3. The molecule has 8 heteroatoms. The molecule has 3 amide bonds. The number of aromatic nitrogens is 1. The van der Waals surface area contributed by atoms with E-state index in [9.17, 15) is 9.59 Å². The van der Waals surface area contributed by atoms with Crippen molar-refractivity contribution in [1.29, 1.82) is 0 Å². The van der Waals surface area contributed by atoms with E-state index in [-0.39, 0.29) is 24.5 Å². The molecule has 1 aliphatic rings. The molecule has 1 aromatic heterocycles. The Kier molecular flexibility index (Phi) is 6.60. The topological polar surface area (TPSA) is 90.7 Å². The van der Waals surface area contributed by atoms with Gasteiger partial charge in [-0.2, -0.15) is 0 Å². The molecule has 1 fully saturated rings. The van der Waals surface area contributed by atoms with Gasteiger partial charge in [0.05, 0.1) is 6.54 Å². The fourth-order valence-corrected chi connectivity index (χ4v) is 2.73. The van der Waals surface area contributed by atoms with Crippen LogP contribution in [0.1, 0.15) is 32.4 Å². The van der Waals surface area contributed by atoms with E-state index in [2.05, 4.69) is 22.7 Å². The van der Waals surface area contributed by atoms with Gasteiger partial charge in [0.25, 0.3) is 0 Å². The molecule has 0 saturated carbocycles. The molecule has 1 aromatic rings. The number of nitrogens with one attached hydrogen (secondary N) is 2. The van der Waals surface area contributed by atoms with Crippen LogP contribution in [0, 0.1) is 6.92 Å². The van der Waals surface area contributed by atoms with Gasteiger partial charge in [-0.15, -0.1) is 0 Å². The fraction of sp³-hybridized carbons (Fsp3) is 0.688. The Bertz CT molecular complexity index is 552. The average Bonchev–Trinajstić information content (AvgIpc) is 2.93. The Morgan fingerprint density at radius 3 is 2.62 bits per heavy atom. The Labute approximate surface area is 142 Å². The number of carbonyl (C=O) groups is 2. The van der Waals surface area contributed by atoms with Crippen molar-refractivity contribution in [2.75, 3.05) is 38.0 Å². The standard InChI is InChI=1S/C16H27N5O3/c1-4-5-12(2)17-16(23)21-8-6-20(7-9-21)11-15(22)18-14-10-13(3)24-19-14/h10,12H,4-9,11H2,1-3H3,(H,17,23)(H,18,19,22). The molecule has 1 saturated heterocycles. The minimum atomic E-state index is -0.127. The molecule has 8 nitrogen and oxygen atoms in total. The van der Waals surface area contributed by atoms with Crippen LogP contribution >= 0.6 is 0 Å². The van der Waals surface area contributed by atoms with Crippen LogP contribution in [0.4, 0.5) is 10.6 Å². The Balaban J connectivity index is 1.70. The van der Waals surface area contributed by atoms with Gasteiger partial charge in [0.15, 0.2) is 5.82 Å². The van der Waals surface area contributed by atoms with Crippen LogP contribution in [0.15, 0.2) is 10.6 Å². The maximum atomic E-state index is 12.2. The van der Waals surface area contributed by atoms with E-state index in [1.807, 2.05) is 16.7 Å². The lowest BCUT2D eigenvalue weighted by Crippen LogP contribution is -2.54. The maximum Gasteiger partial charge on any atom is 0.317 e. The molecule has 0 aliphatic carbocycles. The van der Waals surface area contributed by atoms with E-state index < -0.39 is 0 Å². The number of nitrogens with zero attached hydrogens (tertiary/aromatic N) is 3. The van der Waals surface area contributed by atoms with Gasteiger partial charge in [-0.25, -0.2) is 4.79 Å². The zero-order valence-corrected chi connectivity index (χ0v) is 14.7. The number of hydrogen-bond donors (Lipinski definition) is 2. The SMILES string of the molecule is CCCC(C)NC(=O)N1CCN(CC(=O)Nc2cc(C)on2)CC1. The van der Waals surface area contributed by atoms with Gasteiger partial charge in [-0.1, -0.05) is 18.5 Å². The summed E-state index contributed by atoms with van der Waals surface area (Å²) < 4.78 is 4.92. The Morgan fingerprint density at radius 2 is 2.04 bits per heavy atom. The van der Waals surface area contributed by atoms with Gasteiger partial charge in [-0.05, 0) is 20.3 Å². The van der Waals surface area contributed by atoms with Crippen molar-refractivity contribution in [1.82, 2.24) is 20.3 Å². The monoisotopic (exact) mass is 337 g/mol. The van der Waals surface area contributed by atoms with Crippen LogP contribution < -0.4 is 10.6 Å². The molecule has 1 aliphatic heterocycles. The molecule has 24 heavy (non-hydrogen) atoms. The first kappa shape index (κ1) is 18.3. The van der Waals surface area contributed by atoms with Gasteiger partial charge in [0.1, 0.15) is 5.76 Å². The number of rotatable bonds is 6. The predicted molar refractivity (Wildman–Crippen MR) is 90.8 cm³/mol. The molecule has 1 unspecified atom stereocenters. The molecule has 2 rings (SSSR count). The van der Waals surface area contributed by atoms with E-state index in [1.54, 1.807) is 13.0 Å². The first-order valence-electron chi connectivity index (χ1n) is 8.49. The van der Waals surface area contributed by atoms with E-state index in [1.165, 1.54) is 0 Å². The largest absolute Gasteiger partial charge is 0.360 e. The minimum Gasteiger partial charge on any atom is -0.360 e. The summed E-state index contributed by atoms with van der Waals surface area (Å²) in [6.07, 6.45) is 2.03. The molecule has 1 atom stereocenters. The van der Waals surface area contributed by atoms with Crippen molar-refractivity contribution in [2.45, 2.75) is 39.7 Å². The summed E-state index contributed by atoms with van der Waals surface area (Å²) in [5, 5.41) is 9.46. The third-order valence-electron chi connectivity index (χ3n) is 4.01. The highest BCUT2D eigenvalue weighted by Gasteiger charge is 2.23. The highest BCUT2D eigenvalue weighted by atomic mass is 16.5. The maximum absolute atomic E-state index is 12.2. The van der Waals surface area contributed by atoms with Crippen LogP contribution in [0.2, 0.25) is 0 Å². The molecule has 134 valence electrons. The summed E-state index contributed by atoms with van der Waals surface area (Å²) in [5.41, 5.74) is 0. The van der Waals surface area contributed by atoms with Crippen molar-refractivity contribution in [3.05, 3.63) is 11.8 Å². The number of aryl methyl sites for hydroxylation is 1. The van der Waals surface area contributed by atoms with Gasteiger partial charge in [-0.3, -0.25) is 9.69 Å². The lowest BCUT2D eigenvalue weighted by atomic mass is 10.2. The van der Waals surface area contributed by atoms with Gasteiger partial charge < -0.3 is 20.1 Å². The number of hydrogen-bond acceptors (Lipinski definition) is 5. The molecule has 0 aromatic carbocycles. The van der Waals surface area contributed by atoms with E-state index in [0.717, 1.165) is 12.8 Å². The van der Waals surface area contributed by atoms with Crippen LogP contribution in [0.3, 0.4) is 0 Å². The molecule has 0 bridgehead atoms. The van der Waals surface area contributed by atoms with Gasteiger partial charge in [0, 0.05) is 38.3 Å². The van der Waals surface area contributed by atoms with E-state index >= 15 is 0 Å². The summed E-state index contributed by atoms with van der Waals surface area (Å²) >= 11 is 0. The smallest absolute Gasteiger partial charge is 0.317 e. The highest BCUT2D eigenvalue weighted by molar-refractivity contribution is 5.91. The van der Waals surface area contributed by atoms with Crippen LogP contribution in [-0.4, -0.2) is 65.7 Å². The Hall–Kier alpha value is -2.09. The zero-order valence-electron chi connectivity index (χ0n) is 14.7. The Morgan fingerprint density at radius 1 is 1.33 bits per heavy atom. The summed E-state index contributed by atoms with van der Waals surface area (Å²) in [6.45, 7) is 8.80. The quantitative estimate of drug-likeness (QED) is 0.820. The van der Waals surface area contributed by atoms with E-state index in [4.69, 9.17) is 4.52 Å². The number of carbonyl (C=O) groups excluding carboxylic acids is 2. The fourth-order valence-electron chi connectivity index (χ4n) is 2.73. The van der Waals surface area contributed by atoms with Crippen molar-refractivity contribution in [3.8, 4) is 0 Å². The van der Waals surface area contributed by atoms with Crippen LogP contribution in [-0.2, 0) is 4.79 Å². The lowest BCUT2D eigenvalue weighted by molar-refractivity contribution is -0.117. The number of piperazine rings is 1. The summed E-state index contributed by atoms with van der Waals surface area (Å²) in [5.74, 6) is 0.959. The second-order valence-corrected chi connectivity index (χ2v) is 6.27. The van der Waals surface area contributed by atoms with Crippen LogP contribution in [0.25, 0.3) is 0 Å². The normalized spacial score (nSPS) is 16.7. The highest BCUT2D eigenvalue weighted by Crippen LogP contribution is 2.08. The second-order valence-electron chi connectivity index (χ2n) is 6.27. The third kappa shape index (κ3) is 5.52. The van der Waals surface area contributed by atoms with Crippen molar-refractivity contribution in [3.63, 3.8) is 0 Å². The van der Waals surface area contributed by atoms with Crippen molar-refractivity contribution < 1.29 is 14.1 Å². The predicted octanol–water partition coefficient (Wildman–Crippen LogP) is 1.44. The van der Waals surface area contributed by atoms with Gasteiger partial charge >= 0.3 is 6.03 Å². The average molecular weight is 337 g/mol. The molecule has 2 heterocycles. The van der Waals surface area contributed by atoms with Crippen LogP contribution in [0.5, 0.6) is 0 Å². The van der Waals surface area contributed by atoms with Gasteiger partial charge in [0.2, 0.25) is 5.91 Å². The lowest BCUT2D eigenvalue weighted by Gasteiger charge is -2.34. The third-order valence-corrected chi connectivity index (χ3v) is 4.01.